The van der Waals surface area contributed by atoms with Crippen molar-refractivity contribution in [3.63, 3.8) is 0 Å². The summed E-state index contributed by atoms with van der Waals surface area (Å²) in [5, 5.41) is 5.97. The first kappa shape index (κ1) is 18.3. The third-order valence-electron chi connectivity index (χ3n) is 2.89. The molecule has 0 fully saturated rings. The second-order valence-corrected chi connectivity index (χ2v) is 5.26. The number of carbonyl (C=O) groups is 1. The maximum Gasteiger partial charge on any atom is 0.246 e. The highest BCUT2D eigenvalue weighted by Gasteiger charge is 2.01. The van der Waals surface area contributed by atoms with Gasteiger partial charge in [0.2, 0.25) is 5.91 Å². The average Bonchev–Trinajstić information content (AvgIpc) is 2.48. The van der Waals surface area contributed by atoms with Crippen LogP contribution in [0.5, 0.6) is 0 Å². The number of carbonyl (C=O) groups excluding carboxylic acids is 1. The van der Waals surface area contributed by atoms with Crippen LogP contribution in [-0.4, -0.2) is 30.7 Å². The highest BCUT2D eigenvalue weighted by Crippen LogP contribution is 2.03. The van der Waals surface area contributed by atoms with Crippen LogP contribution < -0.4 is 16.4 Å². The van der Waals surface area contributed by atoms with E-state index in [-0.39, 0.29) is 18.3 Å². The zero-order valence-electron chi connectivity index (χ0n) is 12.4. The Balaban J connectivity index is 1.97. The van der Waals surface area contributed by atoms with E-state index in [4.69, 9.17) is 10.5 Å². The highest BCUT2D eigenvalue weighted by molar-refractivity contribution is 7.80. The summed E-state index contributed by atoms with van der Waals surface area (Å²) in [5.41, 5.74) is 6.13. The first-order valence-electron chi connectivity index (χ1n) is 7.20. The van der Waals surface area contributed by atoms with E-state index in [1.54, 1.807) is 12.1 Å². The van der Waals surface area contributed by atoms with Crippen molar-refractivity contribution in [2.75, 3.05) is 19.7 Å². The minimum absolute atomic E-state index is 0.000373. The molecule has 122 valence electrons. The number of hydrogen-bond donors (Lipinski definition) is 3. The Morgan fingerprint density at radius 3 is 2.41 bits per heavy atom. The zero-order chi connectivity index (χ0) is 16.2. The third-order valence-corrected chi connectivity index (χ3v) is 3.03. The van der Waals surface area contributed by atoms with Crippen molar-refractivity contribution in [1.29, 1.82) is 0 Å². The highest BCUT2D eigenvalue weighted by atomic mass is 32.1. The Labute approximate surface area is 135 Å². The van der Waals surface area contributed by atoms with Crippen LogP contribution in [0, 0.1) is 5.82 Å². The molecule has 0 unspecified atom stereocenters. The first-order valence-corrected chi connectivity index (χ1v) is 7.61. The predicted octanol–water partition coefficient (Wildman–Crippen LogP) is 1.46. The van der Waals surface area contributed by atoms with Gasteiger partial charge in [0, 0.05) is 13.1 Å². The van der Waals surface area contributed by atoms with Gasteiger partial charge in [0.1, 0.15) is 12.4 Å². The SMILES string of the molecule is NC(=S)NCCCCCNC(=O)COCc1ccc(F)cc1. The summed E-state index contributed by atoms with van der Waals surface area (Å²) in [6.07, 6.45) is 2.82. The maximum atomic E-state index is 12.7. The number of thiocarbonyl (C=S) groups is 1. The van der Waals surface area contributed by atoms with Crippen LogP contribution in [-0.2, 0) is 16.1 Å². The lowest BCUT2D eigenvalue weighted by molar-refractivity contribution is -0.126. The van der Waals surface area contributed by atoms with E-state index >= 15 is 0 Å². The van der Waals surface area contributed by atoms with Crippen molar-refractivity contribution < 1.29 is 13.9 Å². The molecule has 0 aliphatic rings. The van der Waals surface area contributed by atoms with Gasteiger partial charge >= 0.3 is 0 Å². The van der Waals surface area contributed by atoms with Crippen LogP contribution in [0.1, 0.15) is 24.8 Å². The summed E-state index contributed by atoms with van der Waals surface area (Å²) < 4.78 is 18.0. The van der Waals surface area contributed by atoms with Crippen LogP contribution in [0.4, 0.5) is 4.39 Å². The summed E-state index contributed by atoms with van der Waals surface area (Å²) in [6.45, 7) is 1.66. The molecule has 0 saturated carbocycles. The quantitative estimate of drug-likeness (QED) is 0.448. The van der Waals surface area contributed by atoms with Gasteiger partial charge in [0.25, 0.3) is 0 Å². The monoisotopic (exact) mass is 327 g/mol. The molecule has 7 heteroatoms. The Morgan fingerprint density at radius 1 is 1.14 bits per heavy atom. The Hall–Kier alpha value is -1.73. The molecule has 4 N–H and O–H groups in total. The van der Waals surface area contributed by atoms with Crippen molar-refractivity contribution in [1.82, 2.24) is 10.6 Å². The number of amides is 1. The molecule has 0 aliphatic heterocycles. The maximum absolute atomic E-state index is 12.7. The largest absolute Gasteiger partial charge is 0.376 e. The van der Waals surface area contributed by atoms with Gasteiger partial charge in [-0.05, 0) is 49.2 Å². The number of unbranched alkanes of at least 4 members (excludes halogenated alkanes) is 2. The molecule has 1 rings (SSSR count). The van der Waals surface area contributed by atoms with Gasteiger partial charge in [-0.2, -0.15) is 0 Å². The van der Waals surface area contributed by atoms with E-state index in [1.165, 1.54) is 12.1 Å². The van der Waals surface area contributed by atoms with Gasteiger partial charge in [-0.1, -0.05) is 12.1 Å². The Morgan fingerprint density at radius 2 is 1.77 bits per heavy atom. The standard InChI is InChI=1S/C15H22FN3O2S/c16-13-6-4-12(5-7-13)10-21-11-14(20)18-8-2-1-3-9-19-15(17)22/h4-7H,1-3,8-11H2,(H,18,20)(H3,17,19,22). The van der Waals surface area contributed by atoms with Crippen molar-refractivity contribution >= 4 is 23.2 Å². The number of nitrogens with one attached hydrogen (secondary N) is 2. The topological polar surface area (TPSA) is 76.4 Å². The van der Waals surface area contributed by atoms with Crippen LogP contribution in [0.2, 0.25) is 0 Å². The predicted molar refractivity (Wildman–Crippen MR) is 87.7 cm³/mol. The smallest absolute Gasteiger partial charge is 0.246 e. The lowest BCUT2D eigenvalue weighted by atomic mass is 10.2. The van der Waals surface area contributed by atoms with Crippen LogP contribution in [0.25, 0.3) is 0 Å². The molecule has 0 atom stereocenters. The number of hydrogen-bond acceptors (Lipinski definition) is 3. The zero-order valence-corrected chi connectivity index (χ0v) is 13.3. The molecule has 22 heavy (non-hydrogen) atoms. The van der Waals surface area contributed by atoms with Gasteiger partial charge in [-0.15, -0.1) is 0 Å². The van der Waals surface area contributed by atoms with Crippen molar-refractivity contribution in [3.05, 3.63) is 35.6 Å². The summed E-state index contributed by atoms with van der Waals surface area (Å²) in [5.74, 6) is -0.437. The van der Waals surface area contributed by atoms with Gasteiger partial charge in [-0.3, -0.25) is 4.79 Å². The number of ether oxygens (including phenoxy) is 1. The van der Waals surface area contributed by atoms with Crippen LogP contribution in [0.15, 0.2) is 24.3 Å². The molecular weight excluding hydrogens is 305 g/mol. The molecule has 0 heterocycles. The van der Waals surface area contributed by atoms with E-state index in [0.717, 1.165) is 31.4 Å². The third kappa shape index (κ3) is 9.25. The van der Waals surface area contributed by atoms with E-state index < -0.39 is 0 Å². The average molecular weight is 327 g/mol. The van der Waals surface area contributed by atoms with Crippen molar-refractivity contribution in [3.8, 4) is 0 Å². The van der Waals surface area contributed by atoms with Crippen molar-refractivity contribution in [2.24, 2.45) is 5.73 Å². The van der Waals surface area contributed by atoms with Gasteiger partial charge in [-0.25, -0.2) is 4.39 Å². The van der Waals surface area contributed by atoms with Gasteiger partial charge < -0.3 is 21.1 Å². The fourth-order valence-corrected chi connectivity index (χ4v) is 1.86. The minimum Gasteiger partial charge on any atom is -0.376 e. The molecule has 5 nitrogen and oxygen atoms in total. The van der Waals surface area contributed by atoms with E-state index in [2.05, 4.69) is 22.9 Å². The summed E-state index contributed by atoms with van der Waals surface area (Å²) in [4.78, 5) is 11.5. The first-order chi connectivity index (χ1) is 10.6. The number of benzene rings is 1. The van der Waals surface area contributed by atoms with E-state index in [0.29, 0.717) is 18.3 Å². The minimum atomic E-state index is -0.287. The molecule has 1 aromatic carbocycles. The number of rotatable bonds is 10. The molecular formula is C15H22FN3O2S. The summed E-state index contributed by atoms with van der Waals surface area (Å²) in [7, 11) is 0. The number of halogens is 1. The lowest BCUT2D eigenvalue weighted by Crippen LogP contribution is -2.30. The van der Waals surface area contributed by atoms with Crippen LogP contribution >= 0.6 is 12.2 Å². The van der Waals surface area contributed by atoms with E-state index in [9.17, 15) is 9.18 Å². The Bertz CT molecular complexity index is 468. The number of nitrogens with two attached hydrogens (primary N) is 1. The Kier molecular flexibility index (Phi) is 9.09. The molecule has 0 aromatic heterocycles. The second-order valence-electron chi connectivity index (χ2n) is 4.82. The lowest BCUT2D eigenvalue weighted by Gasteiger charge is -2.07. The molecule has 0 aliphatic carbocycles. The fourth-order valence-electron chi connectivity index (χ4n) is 1.76. The second kappa shape index (κ2) is 10.9. The van der Waals surface area contributed by atoms with E-state index in [1.807, 2.05) is 0 Å². The molecule has 0 saturated heterocycles. The van der Waals surface area contributed by atoms with Gasteiger partial charge in [0.15, 0.2) is 5.11 Å². The molecule has 0 spiro atoms. The summed E-state index contributed by atoms with van der Waals surface area (Å²) in [6, 6.07) is 6.00. The van der Waals surface area contributed by atoms with Crippen molar-refractivity contribution in [2.45, 2.75) is 25.9 Å². The van der Waals surface area contributed by atoms with Crippen LogP contribution in [0.3, 0.4) is 0 Å². The molecule has 1 aromatic rings. The molecule has 1 amide bonds. The normalized spacial score (nSPS) is 10.2. The van der Waals surface area contributed by atoms with Gasteiger partial charge in [0.05, 0.1) is 6.61 Å². The fraction of sp³-hybridized carbons (Fsp3) is 0.467. The molecule has 0 radical (unpaired) electrons. The summed E-state index contributed by atoms with van der Waals surface area (Å²) >= 11 is 4.69. The molecule has 0 bridgehead atoms.